The summed E-state index contributed by atoms with van der Waals surface area (Å²) < 4.78 is 287. The first-order chi connectivity index (χ1) is 36.0. The van der Waals surface area contributed by atoms with Gasteiger partial charge in [-0.25, -0.2) is 8.42 Å². The fourth-order valence-corrected chi connectivity index (χ4v) is 9.55. The molecule has 7 nitrogen and oxygen atoms in total. The number of ketones is 1. The summed E-state index contributed by atoms with van der Waals surface area (Å²) in [7, 11) is -7.10. The van der Waals surface area contributed by atoms with Crippen LogP contribution in [0.4, 0.5) is 70.2 Å². The third-order valence-electron chi connectivity index (χ3n) is 12.0. The van der Waals surface area contributed by atoms with Crippen LogP contribution in [-0.4, -0.2) is 54.0 Å². The normalized spacial score (nSPS) is 13.1. The second-order valence-corrected chi connectivity index (χ2v) is 19.7. The van der Waals surface area contributed by atoms with E-state index >= 15 is 26.3 Å². The maximum absolute atomic E-state index is 15.1. The number of carbonyl (C=O) groups is 1. The Labute approximate surface area is 454 Å². The van der Waals surface area contributed by atoms with Crippen LogP contribution in [0.25, 0.3) is 0 Å². The van der Waals surface area contributed by atoms with Crippen molar-refractivity contribution < 1.29 is 121 Å². The van der Waals surface area contributed by atoms with E-state index in [1.165, 1.54) is 31.2 Å². The Balaban J connectivity index is 0.0000101. The van der Waals surface area contributed by atoms with Gasteiger partial charge in [0.2, 0.25) is 10.8 Å². The largest absolute Gasteiger partial charge is 1.00 e. The summed E-state index contributed by atoms with van der Waals surface area (Å²) >= 11 is -1.31. The Morgan fingerprint density at radius 2 is 0.696 bits per heavy atom. The molecule has 0 aliphatic rings. The van der Waals surface area contributed by atoms with E-state index in [9.17, 15) is 61.7 Å². The molecule has 0 spiro atoms. The predicted molar refractivity (Wildman–Crippen MR) is 249 cm³/mol. The molecule has 0 amide bonds. The van der Waals surface area contributed by atoms with E-state index < -0.39 is 118 Å². The summed E-state index contributed by atoms with van der Waals surface area (Å²) in [6.07, 6.45) is -24.4. The zero-order chi connectivity index (χ0) is 57.7. The van der Waals surface area contributed by atoms with Crippen molar-refractivity contribution in [1.82, 2.24) is 0 Å². The number of halogens is 16. The van der Waals surface area contributed by atoms with Crippen molar-refractivity contribution in [2.75, 3.05) is 0 Å². The molecule has 79 heavy (non-hydrogen) atoms. The van der Waals surface area contributed by atoms with Crippen LogP contribution < -0.4 is 33.1 Å². The quantitative estimate of drug-likeness (QED) is 0.0310. The molecule has 0 unspecified atom stereocenters. The molecule has 0 saturated heterocycles. The van der Waals surface area contributed by atoms with Gasteiger partial charge in [-0.2, -0.15) is 70.2 Å². The number of aryl methyl sites for hydroxylation is 2. The van der Waals surface area contributed by atoms with Crippen LogP contribution in [0.15, 0.2) is 169 Å². The van der Waals surface area contributed by atoms with Gasteiger partial charge in [0, 0.05) is 17.2 Å². The molecule has 0 radical (unpaired) electrons. The van der Waals surface area contributed by atoms with Crippen molar-refractivity contribution in [3.8, 4) is 34.5 Å². The topological polar surface area (TPSA) is 102 Å². The van der Waals surface area contributed by atoms with E-state index in [2.05, 4.69) is 0 Å². The minimum absolute atomic E-state index is 0. The molecule has 0 aliphatic heterocycles. The van der Waals surface area contributed by atoms with Crippen molar-refractivity contribution >= 4 is 27.7 Å². The molecule has 7 rings (SSSR count). The van der Waals surface area contributed by atoms with Crippen molar-refractivity contribution in [1.29, 1.82) is 0 Å². The predicted octanol–water partition coefficient (Wildman–Crippen LogP) is 13.6. The van der Waals surface area contributed by atoms with Crippen molar-refractivity contribution in [2.45, 2.75) is 64.8 Å². The van der Waals surface area contributed by atoms with E-state index in [-0.39, 0.29) is 41.7 Å². The Bertz CT molecular complexity index is 3360. The molecular formula is C53H33F16LiO7S2. The third kappa shape index (κ3) is 12.0. The number of benzene rings is 7. The van der Waals surface area contributed by atoms with Gasteiger partial charge in [-0.05, 0) is 121 Å². The van der Waals surface area contributed by atoms with E-state index in [1.54, 1.807) is 24.3 Å². The van der Waals surface area contributed by atoms with Crippen molar-refractivity contribution in [3.05, 3.63) is 208 Å². The first-order valence-electron chi connectivity index (χ1n) is 22.0. The molecule has 0 bridgehead atoms. The standard InChI is InChI=1S/C53H34F16O7S2.Li/c1-30-3-7-32(8-4-30)45(70)33-9-19-38(20-10-33)74-39-21-13-35(14-22-39)47(50(60,61)62,51(63,64)65)36-15-23-40(24-16-36)75-42-27-28-44(77-52(66,67)53(68,69)78(71,72)73)43(29-42)76-41-25-17-37(18-26-41)46(48(54,55)56,49(57,58)59)34-11-5-31(2)6-12-34;/h3-29H,1-2H3,(H,71,72,73);/q;+1/p-1. The van der Waals surface area contributed by atoms with E-state index in [1.807, 2.05) is 6.92 Å². The summed E-state index contributed by atoms with van der Waals surface area (Å²) in [4.78, 5) is 11.7. The van der Waals surface area contributed by atoms with Gasteiger partial charge >= 0.3 is 54.1 Å². The maximum Gasteiger partial charge on any atom is 1.00 e. The third-order valence-corrected chi connectivity index (χ3v) is 14.1. The van der Waals surface area contributed by atoms with Crippen molar-refractivity contribution in [3.63, 3.8) is 0 Å². The van der Waals surface area contributed by atoms with Crippen LogP contribution in [-0.2, 0) is 20.9 Å². The Morgan fingerprint density at radius 1 is 0.418 bits per heavy atom. The van der Waals surface area contributed by atoms with Crippen LogP contribution in [0, 0.1) is 13.8 Å². The molecule has 0 atom stereocenters. The summed E-state index contributed by atoms with van der Waals surface area (Å²) in [6, 6.07) is 23.2. The average molecular weight is 1160 g/mol. The Hall–Kier alpha value is -6.65. The molecule has 412 valence electrons. The van der Waals surface area contributed by atoms with Gasteiger partial charge in [0.05, 0.1) is 4.90 Å². The molecule has 0 N–H and O–H groups in total. The minimum Gasteiger partial charge on any atom is -0.743 e. The molecule has 26 heteroatoms. The van der Waals surface area contributed by atoms with Crippen molar-refractivity contribution in [2.24, 2.45) is 0 Å². The summed E-state index contributed by atoms with van der Waals surface area (Å²) in [5.41, 5.74) is -13.1. The fourth-order valence-electron chi connectivity index (χ4n) is 8.09. The number of thioether (sulfide) groups is 1. The average Bonchev–Trinajstić information content (AvgIpc) is 3.36. The minimum atomic E-state index is -7.10. The van der Waals surface area contributed by atoms with Gasteiger partial charge in [0.1, 0.15) is 34.5 Å². The summed E-state index contributed by atoms with van der Waals surface area (Å²) in [6.45, 7) is 3.21. The zero-order valence-electron chi connectivity index (χ0n) is 40.3. The van der Waals surface area contributed by atoms with E-state index in [0.29, 0.717) is 102 Å². The SMILES string of the molecule is Cc1ccc(C(=O)c2ccc(Oc3ccc(C(c4ccc(Oc5ccc(SC(F)(F)C(F)(F)S(=O)(=O)[O-])c(Oc6ccc(C(c7ccc(C)cc7)(C(F)(F)F)C(F)(F)F)cc6)c5)cc4)(C(F)(F)F)C(F)(F)F)cc3)cc2)cc1.[Li+]. The number of rotatable bonds is 16. The molecule has 0 aliphatic carbocycles. The van der Waals surface area contributed by atoms with Gasteiger partial charge in [-0.3, -0.25) is 4.79 Å². The zero-order valence-corrected chi connectivity index (χ0v) is 41.9. The number of alkyl halides is 16. The molecule has 7 aromatic rings. The Morgan fingerprint density at radius 3 is 1.04 bits per heavy atom. The van der Waals surface area contributed by atoms with E-state index in [0.717, 1.165) is 29.8 Å². The maximum atomic E-state index is 15.1. The van der Waals surface area contributed by atoms with Crippen LogP contribution in [0.3, 0.4) is 0 Å². The van der Waals surface area contributed by atoms with Gasteiger partial charge < -0.3 is 18.8 Å². The first kappa shape index (κ1) is 61.6. The molecule has 0 saturated carbocycles. The molecule has 7 aromatic carbocycles. The number of ether oxygens (including phenoxy) is 3. The van der Waals surface area contributed by atoms with Gasteiger partial charge in [-0.15, -0.1) is 0 Å². The number of carbonyl (C=O) groups excluding carboxylic acids is 1. The number of hydrogen-bond donors (Lipinski definition) is 0. The van der Waals surface area contributed by atoms with Gasteiger partial charge in [0.15, 0.2) is 15.9 Å². The smallest absolute Gasteiger partial charge is 0.743 e. The fraction of sp³-hybridized carbons (Fsp3) is 0.189. The Kier molecular flexibility index (Phi) is 17.2. The molecular weight excluding hydrogens is 1120 g/mol. The summed E-state index contributed by atoms with van der Waals surface area (Å²) in [5, 5.41) is -12.2. The molecule has 0 heterocycles. The second kappa shape index (κ2) is 22.1. The van der Waals surface area contributed by atoms with Crippen LogP contribution in [0.2, 0.25) is 0 Å². The monoisotopic (exact) mass is 1160 g/mol. The van der Waals surface area contributed by atoms with Crippen LogP contribution in [0.5, 0.6) is 34.5 Å². The van der Waals surface area contributed by atoms with Crippen LogP contribution >= 0.6 is 11.8 Å². The summed E-state index contributed by atoms with van der Waals surface area (Å²) in [5.74, 6) is -3.61. The van der Waals surface area contributed by atoms with Gasteiger partial charge in [-0.1, -0.05) is 96.1 Å². The second-order valence-electron chi connectivity index (χ2n) is 17.2. The molecule has 0 aromatic heterocycles. The van der Waals surface area contributed by atoms with Crippen LogP contribution in [0.1, 0.15) is 49.3 Å². The molecule has 0 fully saturated rings. The number of hydrogen-bond acceptors (Lipinski definition) is 8. The van der Waals surface area contributed by atoms with E-state index in [4.69, 9.17) is 14.2 Å². The first-order valence-corrected chi connectivity index (χ1v) is 24.2. The van der Waals surface area contributed by atoms with Gasteiger partial charge in [0.25, 0.3) is 0 Å².